The Balaban J connectivity index is 1.76. The summed E-state index contributed by atoms with van der Waals surface area (Å²) >= 11 is 0. The lowest BCUT2D eigenvalue weighted by molar-refractivity contribution is 0.177. The van der Waals surface area contributed by atoms with Gasteiger partial charge >= 0.3 is 0 Å². The smallest absolute Gasteiger partial charge is 0.0323 e. The first-order valence-electron chi connectivity index (χ1n) is 7.56. The lowest BCUT2D eigenvalue weighted by atomic mass is 9.76. The van der Waals surface area contributed by atoms with Crippen LogP contribution in [-0.2, 0) is 0 Å². The lowest BCUT2D eigenvalue weighted by Crippen LogP contribution is -2.44. The van der Waals surface area contributed by atoms with Gasteiger partial charge in [0.1, 0.15) is 0 Å². The second-order valence-electron chi connectivity index (χ2n) is 6.37. The van der Waals surface area contributed by atoms with Crippen LogP contribution in [0.15, 0.2) is 18.2 Å². The number of hydrogen-bond donors (Lipinski definition) is 1. The van der Waals surface area contributed by atoms with Gasteiger partial charge in [0.25, 0.3) is 0 Å². The topological polar surface area (TPSA) is 12.0 Å². The number of piperidine rings is 1. The summed E-state index contributed by atoms with van der Waals surface area (Å²) < 4.78 is 0. The number of fused-ring (bicyclic) bond motifs is 1. The first-order valence-corrected chi connectivity index (χ1v) is 7.56. The Kier molecular flexibility index (Phi) is 3.43. The number of rotatable bonds is 1. The lowest BCUT2D eigenvalue weighted by Gasteiger charge is -2.40. The summed E-state index contributed by atoms with van der Waals surface area (Å²) in [5.41, 5.74) is 4.31. The number of benzene rings is 1. The molecule has 1 nitrogen and oxygen atoms in total. The molecule has 3 unspecified atom stereocenters. The fourth-order valence-electron chi connectivity index (χ4n) is 3.97. The van der Waals surface area contributed by atoms with Gasteiger partial charge in [0.15, 0.2) is 0 Å². The van der Waals surface area contributed by atoms with Gasteiger partial charge in [0.05, 0.1) is 0 Å². The fourth-order valence-corrected chi connectivity index (χ4v) is 3.97. The minimum absolute atomic E-state index is 0.600. The van der Waals surface area contributed by atoms with Crippen molar-refractivity contribution in [2.75, 3.05) is 0 Å². The van der Waals surface area contributed by atoms with Crippen LogP contribution in [0.3, 0.4) is 0 Å². The van der Waals surface area contributed by atoms with Crippen molar-refractivity contribution in [3.05, 3.63) is 34.9 Å². The first-order chi connectivity index (χ1) is 8.72. The molecule has 1 saturated heterocycles. The third-order valence-corrected chi connectivity index (χ3v) is 4.80. The predicted octanol–water partition coefficient (Wildman–Crippen LogP) is 4.29. The fraction of sp³-hybridized carbons (Fsp3) is 0.647. The van der Waals surface area contributed by atoms with Gasteiger partial charge in [0, 0.05) is 12.1 Å². The number of hydrogen-bond acceptors (Lipinski definition) is 1. The van der Waals surface area contributed by atoms with Crippen molar-refractivity contribution in [1.29, 1.82) is 0 Å². The normalized spacial score (nSPS) is 32.0. The zero-order chi connectivity index (χ0) is 12.5. The average molecular weight is 243 g/mol. The third-order valence-electron chi connectivity index (χ3n) is 4.80. The monoisotopic (exact) mass is 243 g/mol. The van der Waals surface area contributed by atoms with Crippen molar-refractivity contribution in [2.24, 2.45) is 5.92 Å². The van der Waals surface area contributed by atoms with E-state index >= 15 is 0 Å². The second-order valence-corrected chi connectivity index (χ2v) is 6.37. The molecule has 1 saturated carbocycles. The van der Waals surface area contributed by atoms with Crippen LogP contribution in [0.4, 0.5) is 0 Å². The van der Waals surface area contributed by atoms with Crippen LogP contribution in [-0.4, -0.2) is 6.04 Å². The molecule has 2 fully saturated rings. The summed E-state index contributed by atoms with van der Waals surface area (Å²) in [6.45, 7) is 4.42. The van der Waals surface area contributed by atoms with Crippen molar-refractivity contribution in [3.8, 4) is 0 Å². The molecule has 2 aliphatic rings. The molecule has 3 atom stereocenters. The summed E-state index contributed by atoms with van der Waals surface area (Å²) in [5, 5.41) is 3.93. The summed E-state index contributed by atoms with van der Waals surface area (Å²) in [6.07, 6.45) is 8.48. The van der Waals surface area contributed by atoms with Gasteiger partial charge in [-0.2, -0.15) is 0 Å². The second kappa shape index (κ2) is 5.05. The van der Waals surface area contributed by atoms with E-state index in [1.807, 2.05) is 0 Å². The molecule has 0 radical (unpaired) electrons. The molecule has 1 aromatic rings. The number of aryl methyl sites for hydroxylation is 2. The van der Waals surface area contributed by atoms with Crippen LogP contribution >= 0.6 is 0 Å². The van der Waals surface area contributed by atoms with Crippen LogP contribution in [0.25, 0.3) is 0 Å². The van der Waals surface area contributed by atoms with E-state index in [0.717, 1.165) is 12.0 Å². The minimum atomic E-state index is 0.600. The molecule has 18 heavy (non-hydrogen) atoms. The van der Waals surface area contributed by atoms with Crippen LogP contribution in [0.2, 0.25) is 0 Å². The molecule has 98 valence electrons. The van der Waals surface area contributed by atoms with Gasteiger partial charge in [-0.05, 0) is 51.0 Å². The summed E-state index contributed by atoms with van der Waals surface area (Å²) in [4.78, 5) is 0. The van der Waals surface area contributed by atoms with Gasteiger partial charge in [-0.3, -0.25) is 0 Å². The molecule has 1 aliphatic carbocycles. The Morgan fingerprint density at radius 3 is 2.39 bits per heavy atom. The summed E-state index contributed by atoms with van der Waals surface area (Å²) in [7, 11) is 0. The van der Waals surface area contributed by atoms with Crippen LogP contribution in [0.5, 0.6) is 0 Å². The largest absolute Gasteiger partial charge is 0.307 e. The van der Waals surface area contributed by atoms with Crippen molar-refractivity contribution in [3.63, 3.8) is 0 Å². The first kappa shape index (κ1) is 12.2. The van der Waals surface area contributed by atoms with Crippen LogP contribution < -0.4 is 5.32 Å². The van der Waals surface area contributed by atoms with Crippen molar-refractivity contribution < 1.29 is 0 Å². The Morgan fingerprint density at radius 2 is 1.61 bits per heavy atom. The van der Waals surface area contributed by atoms with E-state index < -0.39 is 0 Å². The van der Waals surface area contributed by atoms with E-state index in [2.05, 4.69) is 37.4 Å². The van der Waals surface area contributed by atoms with Crippen molar-refractivity contribution in [2.45, 2.75) is 64.5 Å². The van der Waals surface area contributed by atoms with Gasteiger partial charge in [-0.1, -0.05) is 42.2 Å². The predicted molar refractivity (Wildman–Crippen MR) is 76.8 cm³/mol. The Labute approximate surface area is 111 Å². The molecule has 1 N–H and O–H groups in total. The zero-order valence-corrected chi connectivity index (χ0v) is 11.7. The quantitative estimate of drug-likeness (QED) is 0.776. The molecule has 0 spiro atoms. The van der Waals surface area contributed by atoms with Gasteiger partial charge in [0.2, 0.25) is 0 Å². The molecule has 0 aromatic heterocycles. The highest BCUT2D eigenvalue weighted by Gasteiger charge is 2.32. The van der Waals surface area contributed by atoms with E-state index in [1.165, 1.54) is 55.2 Å². The molecule has 1 heterocycles. The minimum Gasteiger partial charge on any atom is -0.307 e. The maximum atomic E-state index is 3.93. The molecular weight excluding hydrogens is 218 g/mol. The van der Waals surface area contributed by atoms with Crippen LogP contribution in [0.1, 0.15) is 61.3 Å². The third kappa shape index (κ3) is 2.47. The van der Waals surface area contributed by atoms with Crippen molar-refractivity contribution in [1.82, 2.24) is 5.32 Å². The highest BCUT2D eigenvalue weighted by atomic mass is 15.0. The van der Waals surface area contributed by atoms with E-state index in [9.17, 15) is 0 Å². The Hall–Kier alpha value is -0.820. The van der Waals surface area contributed by atoms with E-state index in [-0.39, 0.29) is 0 Å². The average Bonchev–Trinajstić information content (AvgIpc) is 2.37. The molecule has 1 aromatic carbocycles. The standard InChI is InChI=1S/C17H25N/c1-12-9-13(2)11-15(10-12)17-8-7-14-5-3-4-6-16(14)18-17/h9-11,14,16-18H,3-8H2,1-2H3. The Bertz CT molecular complexity index is 403. The van der Waals surface area contributed by atoms with Gasteiger partial charge < -0.3 is 5.32 Å². The maximum absolute atomic E-state index is 3.93. The van der Waals surface area contributed by atoms with E-state index in [0.29, 0.717) is 6.04 Å². The molecule has 1 aliphatic heterocycles. The van der Waals surface area contributed by atoms with Gasteiger partial charge in [-0.15, -0.1) is 0 Å². The molecule has 1 heteroatoms. The van der Waals surface area contributed by atoms with Gasteiger partial charge in [-0.25, -0.2) is 0 Å². The highest BCUT2D eigenvalue weighted by molar-refractivity contribution is 5.31. The zero-order valence-electron chi connectivity index (χ0n) is 11.7. The maximum Gasteiger partial charge on any atom is 0.0323 e. The molecule has 3 rings (SSSR count). The summed E-state index contributed by atoms with van der Waals surface area (Å²) in [6, 6.07) is 8.40. The summed E-state index contributed by atoms with van der Waals surface area (Å²) in [5.74, 6) is 0.959. The number of nitrogens with one attached hydrogen (secondary N) is 1. The van der Waals surface area contributed by atoms with Crippen LogP contribution in [0, 0.1) is 19.8 Å². The molecule has 0 bridgehead atoms. The van der Waals surface area contributed by atoms with E-state index in [4.69, 9.17) is 0 Å². The SMILES string of the molecule is Cc1cc(C)cc(C2CCC3CCCCC3N2)c1. The van der Waals surface area contributed by atoms with E-state index in [1.54, 1.807) is 0 Å². The van der Waals surface area contributed by atoms with Crippen molar-refractivity contribution >= 4 is 0 Å². The molecular formula is C17H25N. The Morgan fingerprint density at radius 1 is 0.889 bits per heavy atom. The highest BCUT2D eigenvalue weighted by Crippen LogP contribution is 2.37. The molecule has 0 amide bonds.